The normalized spacial score (nSPS) is 17.3. The molecule has 1 amide bonds. The molecule has 36 heavy (non-hydrogen) atoms. The van der Waals surface area contributed by atoms with Crippen molar-refractivity contribution in [3.63, 3.8) is 0 Å². The highest BCUT2D eigenvalue weighted by molar-refractivity contribution is 5.79. The number of ether oxygens (including phenoxy) is 3. The molecule has 0 N–H and O–H groups in total. The van der Waals surface area contributed by atoms with E-state index in [0.717, 1.165) is 61.3 Å². The van der Waals surface area contributed by atoms with Crippen LogP contribution >= 0.6 is 0 Å². The minimum Gasteiger partial charge on any atom is -0.491 e. The van der Waals surface area contributed by atoms with Gasteiger partial charge >= 0.3 is 0 Å². The molecule has 1 saturated heterocycles. The minimum atomic E-state index is 0.0787. The van der Waals surface area contributed by atoms with E-state index in [1.165, 1.54) is 5.56 Å². The Morgan fingerprint density at radius 2 is 1.61 bits per heavy atom. The molecule has 6 rings (SSSR count). The highest BCUT2D eigenvalue weighted by Crippen LogP contribution is 2.33. The number of benzene rings is 2. The van der Waals surface area contributed by atoms with Crippen molar-refractivity contribution in [2.75, 3.05) is 51.0 Å². The van der Waals surface area contributed by atoms with Crippen LogP contribution < -0.4 is 19.1 Å². The molecule has 9 heteroatoms. The number of carbonyl (C=O) groups is 1. The van der Waals surface area contributed by atoms with E-state index in [0.29, 0.717) is 31.9 Å². The number of hydrogen-bond donors (Lipinski definition) is 0. The zero-order valence-corrected chi connectivity index (χ0v) is 20.1. The summed E-state index contributed by atoms with van der Waals surface area (Å²) in [7, 11) is 0. The largest absolute Gasteiger partial charge is 0.491 e. The van der Waals surface area contributed by atoms with Crippen LogP contribution in [0.15, 0.2) is 54.9 Å². The average Bonchev–Trinajstić information content (AvgIpc) is 3.27. The number of rotatable bonds is 5. The van der Waals surface area contributed by atoms with E-state index in [-0.39, 0.29) is 12.7 Å². The van der Waals surface area contributed by atoms with E-state index < -0.39 is 0 Å². The second kappa shape index (κ2) is 10.0. The second-order valence-electron chi connectivity index (χ2n) is 9.28. The number of anilines is 1. The van der Waals surface area contributed by atoms with Gasteiger partial charge in [-0.05, 0) is 41.5 Å². The van der Waals surface area contributed by atoms with Crippen molar-refractivity contribution in [1.29, 1.82) is 0 Å². The van der Waals surface area contributed by atoms with Crippen LogP contribution in [0.4, 0.5) is 5.95 Å². The first-order valence-corrected chi connectivity index (χ1v) is 12.4. The van der Waals surface area contributed by atoms with Crippen LogP contribution in [-0.4, -0.2) is 71.8 Å². The van der Waals surface area contributed by atoms with Gasteiger partial charge in [0.2, 0.25) is 18.6 Å². The summed E-state index contributed by atoms with van der Waals surface area (Å²) in [6.45, 7) is 6.40. The summed E-state index contributed by atoms with van der Waals surface area (Å²) in [6, 6.07) is 13.9. The third-order valence-corrected chi connectivity index (χ3v) is 6.86. The number of nitrogens with zero attached hydrogens (tertiary/aromatic N) is 5. The fourth-order valence-corrected chi connectivity index (χ4v) is 4.91. The van der Waals surface area contributed by atoms with Gasteiger partial charge in [0.1, 0.15) is 12.4 Å². The summed E-state index contributed by atoms with van der Waals surface area (Å²) >= 11 is 0. The van der Waals surface area contributed by atoms with E-state index in [9.17, 15) is 4.79 Å². The fraction of sp³-hybridized carbons (Fsp3) is 0.370. The predicted molar refractivity (Wildman–Crippen MR) is 133 cm³/mol. The molecule has 0 spiro atoms. The van der Waals surface area contributed by atoms with Crippen molar-refractivity contribution in [3.05, 3.63) is 71.5 Å². The lowest BCUT2D eigenvalue weighted by molar-refractivity contribution is -0.131. The lowest BCUT2D eigenvalue weighted by Gasteiger charge is -2.34. The molecule has 0 saturated carbocycles. The Labute approximate surface area is 210 Å². The zero-order chi connectivity index (χ0) is 24.3. The highest BCUT2D eigenvalue weighted by atomic mass is 16.7. The monoisotopic (exact) mass is 487 g/mol. The summed E-state index contributed by atoms with van der Waals surface area (Å²) in [6.07, 6.45) is 3.90. The molecule has 2 aromatic carbocycles. The van der Waals surface area contributed by atoms with E-state index in [1.807, 2.05) is 35.2 Å². The van der Waals surface area contributed by atoms with Crippen molar-refractivity contribution < 1.29 is 19.0 Å². The number of amides is 1. The predicted octanol–water partition coefficient (Wildman–Crippen LogP) is 2.49. The van der Waals surface area contributed by atoms with Crippen LogP contribution in [0, 0.1) is 0 Å². The zero-order valence-electron chi connectivity index (χ0n) is 20.1. The Hall–Kier alpha value is -3.85. The van der Waals surface area contributed by atoms with Crippen molar-refractivity contribution in [2.24, 2.45) is 0 Å². The molecule has 3 aliphatic rings. The third kappa shape index (κ3) is 4.92. The molecule has 4 heterocycles. The molecule has 3 aliphatic heterocycles. The van der Waals surface area contributed by atoms with E-state index in [1.54, 1.807) is 12.4 Å². The van der Waals surface area contributed by atoms with Crippen molar-refractivity contribution in [1.82, 2.24) is 19.8 Å². The van der Waals surface area contributed by atoms with Crippen molar-refractivity contribution in [3.8, 4) is 17.2 Å². The summed E-state index contributed by atoms with van der Waals surface area (Å²) < 4.78 is 16.8. The van der Waals surface area contributed by atoms with Gasteiger partial charge in [0.05, 0.1) is 13.0 Å². The van der Waals surface area contributed by atoms with Gasteiger partial charge in [0.15, 0.2) is 11.5 Å². The van der Waals surface area contributed by atoms with Gasteiger partial charge in [0.25, 0.3) is 0 Å². The lowest BCUT2D eigenvalue weighted by atomic mass is 10.1. The molecule has 0 atom stereocenters. The third-order valence-electron chi connectivity index (χ3n) is 6.86. The number of aromatic nitrogens is 2. The summed E-state index contributed by atoms with van der Waals surface area (Å²) in [4.78, 5) is 28.5. The Bertz CT molecular complexity index is 1230. The minimum absolute atomic E-state index is 0.0787. The molecule has 9 nitrogen and oxygen atoms in total. The van der Waals surface area contributed by atoms with Gasteiger partial charge in [-0.2, -0.15) is 0 Å². The summed E-state index contributed by atoms with van der Waals surface area (Å²) in [5.74, 6) is 3.17. The van der Waals surface area contributed by atoms with Gasteiger partial charge in [-0.3, -0.25) is 9.69 Å². The van der Waals surface area contributed by atoms with Crippen LogP contribution in [-0.2, 0) is 24.3 Å². The fourth-order valence-electron chi connectivity index (χ4n) is 4.91. The van der Waals surface area contributed by atoms with Crippen molar-refractivity contribution >= 4 is 11.9 Å². The molecular weight excluding hydrogens is 458 g/mol. The Morgan fingerprint density at radius 1 is 0.833 bits per heavy atom. The van der Waals surface area contributed by atoms with Crippen molar-refractivity contribution in [2.45, 2.75) is 19.5 Å². The maximum Gasteiger partial charge on any atom is 0.231 e. The summed E-state index contributed by atoms with van der Waals surface area (Å²) in [5, 5.41) is 0. The molecule has 0 radical (unpaired) electrons. The summed E-state index contributed by atoms with van der Waals surface area (Å²) in [5.41, 5.74) is 3.20. The molecule has 1 fully saturated rings. The first-order valence-electron chi connectivity index (χ1n) is 12.4. The Balaban J connectivity index is 1.08. The topological polar surface area (TPSA) is 80.3 Å². The molecule has 1 aromatic heterocycles. The second-order valence-corrected chi connectivity index (χ2v) is 9.28. The SMILES string of the molecule is O=C(Cc1ccc2c(c1)OCO2)N1CCOc2ccc(CN3CCN(c4ncccn4)CC3)cc2C1. The maximum absolute atomic E-state index is 13.2. The molecule has 0 aliphatic carbocycles. The number of fused-ring (bicyclic) bond motifs is 2. The first kappa shape index (κ1) is 22.6. The molecule has 0 unspecified atom stereocenters. The highest BCUT2D eigenvalue weighted by Gasteiger charge is 2.23. The van der Waals surface area contributed by atoms with Gasteiger partial charge in [-0.25, -0.2) is 9.97 Å². The quantitative estimate of drug-likeness (QED) is 0.543. The number of hydrogen-bond acceptors (Lipinski definition) is 8. The Morgan fingerprint density at radius 3 is 2.47 bits per heavy atom. The van der Waals surface area contributed by atoms with E-state index in [2.05, 4.69) is 31.9 Å². The molecular formula is C27H29N5O4. The van der Waals surface area contributed by atoms with Crippen LogP contribution in [0.25, 0.3) is 0 Å². The standard InChI is InChI=1S/C27H29N5O4/c33-26(16-20-2-5-24-25(15-20)36-19-35-24)32-12-13-34-23-4-3-21(14-22(23)18-32)17-30-8-10-31(11-9-30)27-28-6-1-7-29-27/h1-7,14-15H,8-13,16-19H2. The van der Waals surface area contributed by atoms with Crippen LogP contribution in [0.2, 0.25) is 0 Å². The van der Waals surface area contributed by atoms with Gasteiger partial charge in [0, 0.05) is 57.2 Å². The van der Waals surface area contributed by atoms with Gasteiger partial charge < -0.3 is 24.0 Å². The Kier molecular flexibility index (Phi) is 6.29. The van der Waals surface area contributed by atoms with Crippen LogP contribution in [0.5, 0.6) is 17.2 Å². The van der Waals surface area contributed by atoms with E-state index in [4.69, 9.17) is 14.2 Å². The number of piperazine rings is 1. The molecule has 3 aromatic rings. The average molecular weight is 488 g/mol. The van der Waals surface area contributed by atoms with Gasteiger partial charge in [-0.15, -0.1) is 0 Å². The van der Waals surface area contributed by atoms with Crippen LogP contribution in [0.1, 0.15) is 16.7 Å². The smallest absolute Gasteiger partial charge is 0.231 e. The maximum atomic E-state index is 13.2. The molecule has 0 bridgehead atoms. The van der Waals surface area contributed by atoms with Crippen LogP contribution in [0.3, 0.4) is 0 Å². The first-order chi connectivity index (χ1) is 17.7. The molecule has 186 valence electrons. The number of carbonyl (C=O) groups excluding carboxylic acids is 1. The van der Waals surface area contributed by atoms with Gasteiger partial charge in [-0.1, -0.05) is 12.1 Å². The van der Waals surface area contributed by atoms with E-state index >= 15 is 0 Å². The lowest BCUT2D eigenvalue weighted by Crippen LogP contribution is -2.46.